The van der Waals surface area contributed by atoms with Crippen molar-refractivity contribution in [1.29, 1.82) is 0 Å². The van der Waals surface area contributed by atoms with E-state index in [0.717, 1.165) is 24.6 Å². The molecule has 1 aromatic heterocycles. The maximum absolute atomic E-state index is 11.5. The molecule has 82 valence electrons. The molecule has 5 heteroatoms. The smallest absolute Gasteiger partial charge is 0.358 e. The van der Waals surface area contributed by atoms with Gasteiger partial charge in [0, 0.05) is 24.7 Å². The van der Waals surface area contributed by atoms with Crippen molar-refractivity contribution in [3.05, 3.63) is 17.2 Å². The van der Waals surface area contributed by atoms with Crippen LogP contribution in [0.15, 0.2) is 0 Å². The lowest BCUT2D eigenvalue weighted by Crippen LogP contribution is -2.40. The highest BCUT2D eigenvalue weighted by atomic mass is 16.5. The zero-order valence-electron chi connectivity index (χ0n) is 8.96. The minimum absolute atomic E-state index is 0.343. The third-order valence-electron chi connectivity index (χ3n) is 2.54. The second kappa shape index (κ2) is 4.02. The van der Waals surface area contributed by atoms with Crippen molar-refractivity contribution in [2.75, 3.05) is 19.7 Å². The van der Waals surface area contributed by atoms with Gasteiger partial charge in [0.25, 0.3) is 0 Å². The van der Waals surface area contributed by atoms with Gasteiger partial charge < -0.3 is 15.0 Å². The molecule has 1 aliphatic rings. The summed E-state index contributed by atoms with van der Waals surface area (Å²) in [4.78, 5) is 18.9. The standard InChI is InChI=1S/C10H15N3O2/c1-3-15-10(14)8-6(2)12-9(13-8)7-4-11-5-7/h7,11H,3-5H2,1-2H3,(H,12,13). The Kier molecular flexibility index (Phi) is 2.73. The number of esters is 1. The van der Waals surface area contributed by atoms with E-state index in [1.165, 1.54) is 0 Å². The van der Waals surface area contributed by atoms with Crippen LogP contribution >= 0.6 is 0 Å². The van der Waals surface area contributed by atoms with Crippen LogP contribution in [0.25, 0.3) is 0 Å². The van der Waals surface area contributed by atoms with E-state index in [2.05, 4.69) is 15.3 Å². The minimum atomic E-state index is -0.343. The first kappa shape index (κ1) is 10.2. The van der Waals surface area contributed by atoms with E-state index in [-0.39, 0.29) is 5.97 Å². The van der Waals surface area contributed by atoms with Crippen molar-refractivity contribution in [3.8, 4) is 0 Å². The van der Waals surface area contributed by atoms with E-state index in [1.807, 2.05) is 6.92 Å². The predicted molar refractivity (Wildman–Crippen MR) is 54.9 cm³/mol. The van der Waals surface area contributed by atoms with Crippen LogP contribution in [-0.4, -0.2) is 35.6 Å². The molecule has 0 spiro atoms. The maximum atomic E-state index is 11.5. The number of aryl methyl sites for hydroxylation is 1. The Morgan fingerprint density at radius 3 is 2.87 bits per heavy atom. The molecule has 0 saturated carbocycles. The van der Waals surface area contributed by atoms with E-state index in [0.29, 0.717) is 18.2 Å². The predicted octanol–water partition coefficient (Wildman–Crippen LogP) is 0.582. The van der Waals surface area contributed by atoms with Crippen LogP contribution in [0.3, 0.4) is 0 Å². The summed E-state index contributed by atoms with van der Waals surface area (Å²) in [6.45, 7) is 5.86. The minimum Gasteiger partial charge on any atom is -0.461 e. The Morgan fingerprint density at radius 1 is 1.60 bits per heavy atom. The number of ether oxygens (including phenoxy) is 1. The van der Waals surface area contributed by atoms with Gasteiger partial charge in [0.05, 0.1) is 6.61 Å². The first-order valence-electron chi connectivity index (χ1n) is 5.16. The number of aromatic amines is 1. The molecule has 0 amide bonds. The fourth-order valence-electron chi connectivity index (χ4n) is 1.56. The molecule has 1 aliphatic heterocycles. The lowest BCUT2D eigenvalue weighted by molar-refractivity contribution is 0.0519. The van der Waals surface area contributed by atoms with Gasteiger partial charge in [0.15, 0.2) is 5.69 Å². The van der Waals surface area contributed by atoms with Crippen molar-refractivity contribution < 1.29 is 9.53 Å². The van der Waals surface area contributed by atoms with Crippen LogP contribution in [0.1, 0.15) is 34.8 Å². The number of nitrogens with zero attached hydrogens (tertiary/aromatic N) is 1. The number of rotatable bonds is 3. The van der Waals surface area contributed by atoms with Gasteiger partial charge in [0.2, 0.25) is 0 Å². The highest BCUT2D eigenvalue weighted by molar-refractivity contribution is 5.88. The molecule has 0 bridgehead atoms. The average molecular weight is 209 g/mol. The molecule has 2 heterocycles. The molecule has 2 rings (SSSR count). The molecule has 5 nitrogen and oxygen atoms in total. The van der Waals surface area contributed by atoms with E-state index < -0.39 is 0 Å². The zero-order valence-corrected chi connectivity index (χ0v) is 8.96. The molecule has 0 aromatic carbocycles. The Bertz CT molecular complexity index is 369. The van der Waals surface area contributed by atoms with E-state index in [1.54, 1.807) is 6.92 Å². The molecule has 0 atom stereocenters. The summed E-state index contributed by atoms with van der Waals surface area (Å²) in [6.07, 6.45) is 0. The number of carbonyl (C=O) groups excluding carboxylic acids is 1. The van der Waals surface area contributed by atoms with Crippen LogP contribution < -0.4 is 5.32 Å². The van der Waals surface area contributed by atoms with Gasteiger partial charge in [-0.3, -0.25) is 0 Å². The van der Waals surface area contributed by atoms with Crippen molar-refractivity contribution in [1.82, 2.24) is 15.3 Å². The number of nitrogens with one attached hydrogen (secondary N) is 2. The fraction of sp³-hybridized carbons (Fsp3) is 0.600. The molecule has 15 heavy (non-hydrogen) atoms. The third-order valence-corrected chi connectivity index (χ3v) is 2.54. The molecule has 0 aliphatic carbocycles. The Labute approximate surface area is 88.2 Å². The number of imidazole rings is 1. The number of hydrogen-bond donors (Lipinski definition) is 2. The van der Waals surface area contributed by atoms with Crippen molar-refractivity contribution in [3.63, 3.8) is 0 Å². The number of H-pyrrole nitrogens is 1. The second-order valence-corrected chi connectivity index (χ2v) is 3.67. The summed E-state index contributed by atoms with van der Waals surface area (Å²) in [5.74, 6) is 0.950. The monoisotopic (exact) mass is 209 g/mol. The fourth-order valence-corrected chi connectivity index (χ4v) is 1.56. The topological polar surface area (TPSA) is 67.0 Å². The summed E-state index contributed by atoms with van der Waals surface area (Å²) in [7, 11) is 0. The van der Waals surface area contributed by atoms with E-state index in [9.17, 15) is 4.79 Å². The molecule has 1 saturated heterocycles. The summed E-state index contributed by atoms with van der Waals surface area (Å²) >= 11 is 0. The van der Waals surface area contributed by atoms with Gasteiger partial charge in [0.1, 0.15) is 5.82 Å². The Morgan fingerprint density at radius 2 is 2.33 bits per heavy atom. The summed E-state index contributed by atoms with van der Waals surface area (Å²) in [6, 6.07) is 0. The lowest BCUT2D eigenvalue weighted by atomic mass is 10.0. The number of carbonyl (C=O) groups is 1. The van der Waals surface area contributed by atoms with Crippen molar-refractivity contribution >= 4 is 5.97 Å². The SMILES string of the molecule is CCOC(=O)c1nc(C2CNC2)[nH]c1C. The van der Waals surface area contributed by atoms with Gasteiger partial charge in [-0.05, 0) is 13.8 Å². The molecule has 2 N–H and O–H groups in total. The molecule has 0 unspecified atom stereocenters. The largest absolute Gasteiger partial charge is 0.461 e. The highest BCUT2D eigenvalue weighted by Gasteiger charge is 2.25. The Balaban J connectivity index is 2.17. The summed E-state index contributed by atoms with van der Waals surface area (Å²) in [5, 5.41) is 3.17. The van der Waals surface area contributed by atoms with Gasteiger partial charge in [-0.15, -0.1) is 0 Å². The third kappa shape index (κ3) is 1.87. The van der Waals surface area contributed by atoms with Gasteiger partial charge in [-0.2, -0.15) is 0 Å². The number of hydrogen-bond acceptors (Lipinski definition) is 4. The second-order valence-electron chi connectivity index (χ2n) is 3.67. The van der Waals surface area contributed by atoms with Gasteiger partial charge >= 0.3 is 5.97 Å². The average Bonchev–Trinajstić information content (AvgIpc) is 2.44. The lowest BCUT2D eigenvalue weighted by Gasteiger charge is -2.24. The highest BCUT2D eigenvalue weighted by Crippen LogP contribution is 2.18. The zero-order chi connectivity index (χ0) is 10.8. The molecular formula is C10H15N3O2. The molecular weight excluding hydrogens is 194 g/mol. The molecule has 1 fully saturated rings. The Hall–Kier alpha value is -1.36. The van der Waals surface area contributed by atoms with Crippen molar-refractivity contribution in [2.24, 2.45) is 0 Å². The summed E-state index contributed by atoms with van der Waals surface area (Å²) < 4.78 is 4.92. The van der Waals surface area contributed by atoms with Crippen LogP contribution in [0.2, 0.25) is 0 Å². The van der Waals surface area contributed by atoms with Crippen LogP contribution in [0.4, 0.5) is 0 Å². The van der Waals surface area contributed by atoms with Gasteiger partial charge in [-0.1, -0.05) is 0 Å². The molecule has 1 aromatic rings. The normalized spacial score (nSPS) is 16.1. The first-order chi connectivity index (χ1) is 7.22. The quantitative estimate of drug-likeness (QED) is 0.715. The molecule has 0 radical (unpaired) electrons. The van der Waals surface area contributed by atoms with Crippen LogP contribution in [-0.2, 0) is 4.74 Å². The summed E-state index contributed by atoms with van der Waals surface area (Å²) in [5.41, 5.74) is 1.20. The van der Waals surface area contributed by atoms with Gasteiger partial charge in [-0.25, -0.2) is 9.78 Å². The number of aromatic nitrogens is 2. The van der Waals surface area contributed by atoms with Crippen LogP contribution in [0, 0.1) is 6.92 Å². The maximum Gasteiger partial charge on any atom is 0.358 e. The first-order valence-corrected chi connectivity index (χ1v) is 5.16. The van der Waals surface area contributed by atoms with E-state index >= 15 is 0 Å². The van der Waals surface area contributed by atoms with E-state index in [4.69, 9.17) is 4.74 Å². The van der Waals surface area contributed by atoms with Crippen molar-refractivity contribution in [2.45, 2.75) is 19.8 Å². The van der Waals surface area contributed by atoms with Crippen LogP contribution in [0.5, 0.6) is 0 Å².